The van der Waals surface area contributed by atoms with E-state index in [1.165, 1.54) is 6.92 Å². The van der Waals surface area contributed by atoms with E-state index < -0.39 is 18.1 Å². The summed E-state index contributed by atoms with van der Waals surface area (Å²) in [6.45, 7) is 1.49. The van der Waals surface area contributed by atoms with Crippen LogP contribution < -0.4 is 4.74 Å². The number of aliphatic hydroxyl groups excluding tert-OH is 1. The van der Waals surface area contributed by atoms with Gasteiger partial charge in [0.1, 0.15) is 11.5 Å². The fraction of sp³-hybridized carbons (Fsp3) is 0.263. The van der Waals surface area contributed by atoms with E-state index in [0.29, 0.717) is 11.3 Å². The molecule has 4 heteroatoms. The highest BCUT2D eigenvalue weighted by atomic mass is 16.6. The highest BCUT2D eigenvalue weighted by Gasteiger charge is 2.42. The molecule has 0 fully saturated rings. The van der Waals surface area contributed by atoms with E-state index in [4.69, 9.17) is 4.74 Å². The number of carbonyl (C=O) groups excluding carboxylic acids is 2. The number of carbonyl (C=O) groups is 2. The molecule has 0 aromatic heterocycles. The summed E-state index contributed by atoms with van der Waals surface area (Å²) in [4.78, 5) is 24.6. The van der Waals surface area contributed by atoms with Crippen molar-refractivity contribution in [2.45, 2.75) is 25.6 Å². The van der Waals surface area contributed by atoms with Crippen LogP contribution in [0.3, 0.4) is 0 Å². The number of benzene rings is 2. The molecule has 1 aliphatic rings. The third-order valence-corrected chi connectivity index (χ3v) is 4.18. The van der Waals surface area contributed by atoms with Crippen LogP contribution in [0, 0.1) is 5.92 Å². The Balaban J connectivity index is 2.02. The van der Waals surface area contributed by atoms with Crippen LogP contribution in [0.4, 0.5) is 0 Å². The lowest BCUT2D eigenvalue weighted by atomic mass is 9.77. The van der Waals surface area contributed by atoms with Crippen molar-refractivity contribution in [1.82, 2.24) is 0 Å². The monoisotopic (exact) mass is 310 g/mol. The maximum absolute atomic E-state index is 12.9. The number of ketones is 2. The maximum Gasteiger partial charge on any atom is 0.208 e. The number of para-hydroxylation sites is 1. The fourth-order valence-corrected chi connectivity index (χ4v) is 3.13. The average molecular weight is 310 g/mol. The summed E-state index contributed by atoms with van der Waals surface area (Å²) in [6.07, 6.45) is -1.08. The van der Waals surface area contributed by atoms with Gasteiger partial charge in [0.15, 0.2) is 5.78 Å². The summed E-state index contributed by atoms with van der Waals surface area (Å²) in [5.74, 6) is -1.04. The SMILES string of the molecule is CC(=O)CC(c1ccccc1)C1C(=O)c2ccccc2OC1O. The van der Waals surface area contributed by atoms with Gasteiger partial charge < -0.3 is 14.6 Å². The molecule has 3 atom stereocenters. The first-order valence-electron chi connectivity index (χ1n) is 7.60. The second-order valence-electron chi connectivity index (χ2n) is 5.82. The molecule has 3 rings (SSSR count). The first-order chi connectivity index (χ1) is 11.1. The van der Waals surface area contributed by atoms with E-state index in [1.807, 2.05) is 30.3 Å². The Morgan fingerprint density at radius 1 is 1.13 bits per heavy atom. The minimum absolute atomic E-state index is 0.0299. The fourth-order valence-electron chi connectivity index (χ4n) is 3.13. The molecule has 3 unspecified atom stereocenters. The molecule has 0 bridgehead atoms. The summed E-state index contributed by atoms with van der Waals surface area (Å²) in [6, 6.07) is 16.2. The van der Waals surface area contributed by atoms with Gasteiger partial charge in [-0.3, -0.25) is 4.79 Å². The summed E-state index contributed by atoms with van der Waals surface area (Å²) >= 11 is 0. The minimum Gasteiger partial charge on any atom is -0.464 e. The molecule has 23 heavy (non-hydrogen) atoms. The summed E-state index contributed by atoms with van der Waals surface area (Å²) in [7, 11) is 0. The number of hydrogen-bond donors (Lipinski definition) is 1. The highest BCUT2D eigenvalue weighted by Crippen LogP contribution is 2.39. The summed E-state index contributed by atoms with van der Waals surface area (Å²) in [5.41, 5.74) is 1.30. The van der Waals surface area contributed by atoms with Crippen LogP contribution in [0.25, 0.3) is 0 Å². The topological polar surface area (TPSA) is 63.6 Å². The van der Waals surface area contributed by atoms with Crippen molar-refractivity contribution < 1.29 is 19.4 Å². The standard InChI is InChI=1S/C19H18O4/c1-12(20)11-15(13-7-3-2-4-8-13)17-18(21)14-9-5-6-10-16(14)23-19(17)22/h2-10,15,17,19,22H,11H2,1H3. The maximum atomic E-state index is 12.9. The predicted molar refractivity (Wildman–Crippen MR) is 85.4 cm³/mol. The van der Waals surface area contributed by atoms with Gasteiger partial charge in [-0.2, -0.15) is 0 Å². The lowest BCUT2D eigenvalue weighted by Crippen LogP contribution is -2.41. The average Bonchev–Trinajstić information content (AvgIpc) is 2.54. The third-order valence-electron chi connectivity index (χ3n) is 4.18. The van der Waals surface area contributed by atoms with Crippen molar-refractivity contribution in [1.29, 1.82) is 0 Å². The Labute approximate surface area is 134 Å². The van der Waals surface area contributed by atoms with Crippen LogP contribution in [0.2, 0.25) is 0 Å². The molecular weight excluding hydrogens is 292 g/mol. The minimum atomic E-state index is -1.26. The van der Waals surface area contributed by atoms with Crippen LogP contribution in [0.1, 0.15) is 35.2 Å². The van der Waals surface area contributed by atoms with Crippen molar-refractivity contribution >= 4 is 11.6 Å². The number of Topliss-reactive ketones (excluding diaryl/α,β-unsaturated/α-hetero) is 2. The molecule has 1 N–H and O–H groups in total. The smallest absolute Gasteiger partial charge is 0.208 e. The quantitative estimate of drug-likeness (QED) is 0.943. The first kappa shape index (κ1) is 15.4. The molecule has 1 heterocycles. The summed E-state index contributed by atoms with van der Waals surface area (Å²) in [5, 5.41) is 10.4. The third kappa shape index (κ3) is 3.03. The van der Waals surface area contributed by atoms with Crippen LogP contribution >= 0.6 is 0 Å². The van der Waals surface area contributed by atoms with E-state index >= 15 is 0 Å². The zero-order valence-corrected chi connectivity index (χ0v) is 12.8. The van der Waals surface area contributed by atoms with Gasteiger partial charge in [0.05, 0.1) is 11.5 Å². The Bertz CT molecular complexity index is 723. The van der Waals surface area contributed by atoms with Crippen molar-refractivity contribution in [3.8, 4) is 5.75 Å². The number of ether oxygens (including phenoxy) is 1. The van der Waals surface area contributed by atoms with Crippen molar-refractivity contribution in [3.63, 3.8) is 0 Å². The van der Waals surface area contributed by atoms with Gasteiger partial charge in [0.25, 0.3) is 0 Å². The lowest BCUT2D eigenvalue weighted by Gasteiger charge is -2.34. The largest absolute Gasteiger partial charge is 0.464 e. The molecule has 2 aromatic rings. The van der Waals surface area contributed by atoms with Gasteiger partial charge >= 0.3 is 0 Å². The van der Waals surface area contributed by atoms with E-state index in [-0.39, 0.29) is 18.0 Å². The normalized spacial score (nSPS) is 21.2. The number of aliphatic hydroxyl groups is 1. The van der Waals surface area contributed by atoms with Crippen LogP contribution in [0.5, 0.6) is 5.75 Å². The Kier molecular flexibility index (Phi) is 4.26. The predicted octanol–water partition coefficient (Wildman–Crippen LogP) is 2.96. The van der Waals surface area contributed by atoms with Gasteiger partial charge in [-0.1, -0.05) is 42.5 Å². The second kappa shape index (κ2) is 6.34. The molecule has 4 nitrogen and oxygen atoms in total. The molecule has 0 amide bonds. The van der Waals surface area contributed by atoms with Gasteiger partial charge in [-0.15, -0.1) is 0 Å². The molecule has 1 aliphatic heterocycles. The molecular formula is C19H18O4. The Morgan fingerprint density at radius 2 is 1.78 bits per heavy atom. The van der Waals surface area contributed by atoms with E-state index in [2.05, 4.69) is 0 Å². The van der Waals surface area contributed by atoms with Crippen LogP contribution in [0.15, 0.2) is 54.6 Å². The second-order valence-corrected chi connectivity index (χ2v) is 5.82. The Hall–Kier alpha value is -2.46. The lowest BCUT2D eigenvalue weighted by molar-refractivity contribution is -0.118. The molecule has 0 radical (unpaired) electrons. The zero-order valence-electron chi connectivity index (χ0n) is 12.8. The van der Waals surface area contributed by atoms with Gasteiger partial charge in [-0.05, 0) is 24.6 Å². The summed E-state index contributed by atoms with van der Waals surface area (Å²) < 4.78 is 5.52. The van der Waals surface area contributed by atoms with E-state index in [1.54, 1.807) is 24.3 Å². The van der Waals surface area contributed by atoms with Crippen molar-refractivity contribution in [2.24, 2.45) is 5.92 Å². The van der Waals surface area contributed by atoms with Gasteiger partial charge in [0, 0.05) is 12.3 Å². The Morgan fingerprint density at radius 3 is 2.48 bits per heavy atom. The molecule has 118 valence electrons. The van der Waals surface area contributed by atoms with Gasteiger partial charge in [0.2, 0.25) is 6.29 Å². The number of rotatable bonds is 4. The molecule has 0 saturated heterocycles. The van der Waals surface area contributed by atoms with Crippen LogP contribution in [-0.4, -0.2) is 23.0 Å². The van der Waals surface area contributed by atoms with Gasteiger partial charge in [-0.25, -0.2) is 0 Å². The first-order valence-corrected chi connectivity index (χ1v) is 7.60. The molecule has 0 aliphatic carbocycles. The van der Waals surface area contributed by atoms with Crippen molar-refractivity contribution in [3.05, 3.63) is 65.7 Å². The molecule has 0 spiro atoms. The number of fused-ring (bicyclic) bond motifs is 1. The van der Waals surface area contributed by atoms with E-state index in [0.717, 1.165) is 5.56 Å². The molecule has 2 aromatic carbocycles. The molecule has 0 saturated carbocycles. The zero-order chi connectivity index (χ0) is 16.4. The van der Waals surface area contributed by atoms with Crippen LogP contribution in [-0.2, 0) is 4.79 Å². The highest BCUT2D eigenvalue weighted by molar-refractivity contribution is 6.02. The number of hydrogen-bond acceptors (Lipinski definition) is 4. The van der Waals surface area contributed by atoms with E-state index in [9.17, 15) is 14.7 Å². The van der Waals surface area contributed by atoms with Crippen molar-refractivity contribution in [2.75, 3.05) is 0 Å².